The fourth-order valence-electron chi connectivity index (χ4n) is 3.95. The number of carbonyl (C=O) groups is 1. The Morgan fingerprint density at radius 1 is 1.00 bits per heavy atom. The van der Waals surface area contributed by atoms with E-state index in [2.05, 4.69) is 30.3 Å². The van der Waals surface area contributed by atoms with E-state index in [0.717, 1.165) is 32.4 Å². The number of likely N-dealkylation sites (tertiary alicyclic amines) is 1. The zero-order valence-corrected chi connectivity index (χ0v) is 13.4. The molecule has 2 aliphatic rings. The first kappa shape index (κ1) is 15.5. The highest BCUT2D eigenvalue weighted by Crippen LogP contribution is 2.37. The van der Waals surface area contributed by atoms with Gasteiger partial charge in [-0.2, -0.15) is 0 Å². The van der Waals surface area contributed by atoms with Gasteiger partial charge in [0, 0.05) is 25.6 Å². The van der Waals surface area contributed by atoms with Crippen molar-refractivity contribution in [2.75, 3.05) is 13.1 Å². The molecule has 1 saturated carbocycles. The van der Waals surface area contributed by atoms with Gasteiger partial charge >= 0.3 is 0 Å². The SMILES string of the molecule is NC1CCN(C(=O)CC2CCC(c3ccccc3)CC2)CC1. The highest BCUT2D eigenvalue weighted by atomic mass is 16.2. The third kappa shape index (κ3) is 3.89. The minimum absolute atomic E-state index is 0.297. The smallest absolute Gasteiger partial charge is 0.222 e. The number of nitrogens with two attached hydrogens (primary N) is 1. The van der Waals surface area contributed by atoms with E-state index in [9.17, 15) is 4.79 Å². The van der Waals surface area contributed by atoms with Gasteiger partial charge < -0.3 is 10.6 Å². The summed E-state index contributed by atoms with van der Waals surface area (Å²) in [5.74, 6) is 1.64. The highest BCUT2D eigenvalue weighted by Gasteiger charge is 2.27. The van der Waals surface area contributed by atoms with Crippen molar-refractivity contribution in [3.63, 3.8) is 0 Å². The van der Waals surface area contributed by atoms with Crippen molar-refractivity contribution in [1.82, 2.24) is 4.90 Å². The maximum absolute atomic E-state index is 12.4. The zero-order chi connectivity index (χ0) is 15.4. The molecule has 2 N–H and O–H groups in total. The van der Waals surface area contributed by atoms with E-state index in [-0.39, 0.29) is 0 Å². The summed E-state index contributed by atoms with van der Waals surface area (Å²) in [6, 6.07) is 11.1. The summed E-state index contributed by atoms with van der Waals surface area (Å²) in [6.45, 7) is 1.72. The lowest BCUT2D eigenvalue weighted by molar-refractivity contribution is -0.133. The first-order valence-electron chi connectivity index (χ1n) is 8.80. The van der Waals surface area contributed by atoms with Gasteiger partial charge in [0.25, 0.3) is 0 Å². The van der Waals surface area contributed by atoms with Crippen LogP contribution in [-0.4, -0.2) is 29.9 Å². The van der Waals surface area contributed by atoms with Crippen LogP contribution in [0.3, 0.4) is 0 Å². The molecular weight excluding hydrogens is 272 g/mol. The molecule has 1 aromatic rings. The quantitative estimate of drug-likeness (QED) is 0.931. The molecule has 0 bridgehead atoms. The highest BCUT2D eigenvalue weighted by molar-refractivity contribution is 5.76. The average Bonchev–Trinajstić information content (AvgIpc) is 2.57. The van der Waals surface area contributed by atoms with Crippen LogP contribution in [0.15, 0.2) is 30.3 Å². The van der Waals surface area contributed by atoms with Crippen LogP contribution in [0.5, 0.6) is 0 Å². The predicted molar refractivity (Wildman–Crippen MR) is 89.5 cm³/mol. The molecule has 1 aromatic carbocycles. The van der Waals surface area contributed by atoms with Crippen LogP contribution in [0.1, 0.15) is 56.4 Å². The molecule has 1 heterocycles. The van der Waals surface area contributed by atoms with Crippen molar-refractivity contribution in [2.24, 2.45) is 11.7 Å². The van der Waals surface area contributed by atoms with E-state index >= 15 is 0 Å². The lowest BCUT2D eigenvalue weighted by Crippen LogP contribution is -2.43. The van der Waals surface area contributed by atoms with Crippen LogP contribution in [-0.2, 0) is 4.79 Å². The van der Waals surface area contributed by atoms with E-state index in [0.29, 0.717) is 23.8 Å². The molecule has 0 radical (unpaired) electrons. The van der Waals surface area contributed by atoms with Gasteiger partial charge in [-0.3, -0.25) is 4.79 Å². The molecular formula is C19H28N2O. The molecule has 2 fully saturated rings. The van der Waals surface area contributed by atoms with E-state index in [1.807, 2.05) is 4.90 Å². The van der Waals surface area contributed by atoms with Crippen LogP contribution in [0, 0.1) is 5.92 Å². The number of hydrogen-bond acceptors (Lipinski definition) is 2. The van der Waals surface area contributed by atoms with E-state index in [1.54, 1.807) is 0 Å². The number of rotatable bonds is 3. The lowest BCUT2D eigenvalue weighted by Gasteiger charge is -2.33. The summed E-state index contributed by atoms with van der Waals surface area (Å²) in [7, 11) is 0. The molecule has 120 valence electrons. The molecule has 0 aromatic heterocycles. The Hall–Kier alpha value is -1.35. The summed E-state index contributed by atoms with van der Waals surface area (Å²) in [5.41, 5.74) is 7.38. The topological polar surface area (TPSA) is 46.3 Å². The first-order valence-corrected chi connectivity index (χ1v) is 8.80. The number of amides is 1. The minimum Gasteiger partial charge on any atom is -0.343 e. The van der Waals surface area contributed by atoms with Gasteiger partial charge in [-0.1, -0.05) is 30.3 Å². The summed E-state index contributed by atoms with van der Waals surface area (Å²) in [6.07, 6.45) is 7.52. The average molecular weight is 300 g/mol. The molecule has 1 aliphatic heterocycles. The van der Waals surface area contributed by atoms with Gasteiger partial charge in [0.05, 0.1) is 0 Å². The normalized spacial score (nSPS) is 26.9. The van der Waals surface area contributed by atoms with Gasteiger partial charge in [-0.05, 0) is 55.9 Å². The van der Waals surface area contributed by atoms with Crippen molar-refractivity contribution in [3.05, 3.63) is 35.9 Å². The Kier molecular flexibility index (Phi) is 5.14. The van der Waals surface area contributed by atoms with E-state index in [4.69, 9.17) is 5.73 Å². The molecule has 22 heavy (non-hydrogen) atoms. The van der Waals surface area contributed by atoms with Crippen molar-refractivity contribution >= 4 is 5.91 Å². The molecule has 3 nitrogen and oxygen atoms in total. The zero-order valence-electron chi connectivity index (χ0n) is 13.4. The monoisotopic (exact) mass is 300 g/mol. The molecule has 0 atom stereocenters. The number of hydrogen-bond donors (Lipinski definition) is 1. The first-order chi connectivity index (χ1) is 10.7. The molecule has 3 heteroatoms. The van der Waals surface area contributed by atoms with Crippen molar-refractivity contribution in [1.29, 1.82) is 0 Å². The largest absolute Gasteiger partial charge is 0.343 e. The van der Waals surface area contributed by atoms with Crippen LogP contribution < -0.4 is 5.73 Å². The Morgan fingerprint density at radius 2 is 1.64 bits per heavy atom. The summed E-state index contributed by atoms with van der Waals surface area (Å²) in [4.78, 5) is 14.4. The fraction of sp³-hybridized carbons (Fsp3) is 0.632. The number of piperidine rings is 1. The van der Waals surface area contributed by atoms with Gasteiger partial charge in [0.1, 0.15) is 0 Å². The Labute approximate surface area is 133 Å². The molecule has 1 saturated heterocycles. The van der Waals surface area contributed by atoms with Crippen molar-refractivity contribution < 1.29 is 4.79 Å². The number of carbonyl (C=O) groups excluding carboxylic acids is 1. The Bertz CT molecular complexity index is 471. The summed E-state index contributed by atoms with van der Waals surface area (Å²) < 4.78 is 0. The van der Waals surface area contributed by atoms with Crippen molar-refractivity contribution in [3.8, 4) is 0 Å². The van der Waals surface area contributed by atoms with Crippen LogP contribution in [0.2, 0.25) is 0 Å². The standard InChI is InChI=1S/C19H28N2O/c20-18-10-12-21(13-11-18)19(22)14-15-6-8-17(9-7-15)16-4-2-1-3-5-16/h1-5,15,17-18H,6-14,20H2. The van der Waals surface area contributed by atoms with E-state index in [1.165, 1.54) is 31.2 Å². The third-order valence-corrected chi connectivity index (χ3v) is 5.47. The van der Waals surface area contributed by atoms with Crippen LogP contribution >= 0.6 is 0 Å². The second-order valence-electron chi connectivity index (χ2n) is 7.05. The molecule has 3 rings (SSSR count). The fourth-order valence-corrected chi connectivity index (χ4v) is 3.95. The molecule has 1 amide bonds. The second-order valence-corrected chi connectivity index (χ2v) is 7.05. The van der Waals surface area contributed by atoms with Gasteiger partial charge in [-0.15, -0.1) is 0 Å². The molecule has 0 spiro atoms. The lowest BCUT2D eigenvalue weighted by atomic mass is 9.77. The third-order valence-electron chi connectivity index (χ3n) is 5.47. The molecule has 1 aliphatic carbocycles. The van der Waals surface area contributed by atoms with Crippen LogP contribution in [0.25, 0.3) is 0 Å². The van der Waals surface area contributed by atoms with Gasteiger partial charge in [0.15, 0.2) is 0 Å². The van der Waals surface area contributed by atoms with Gasteiger partial charge in [-0.25, -0.2) is 0 Å². The summed E-state index contributed by atoms with van der Waals surface area (Å²) in [5, 5.41) is 0. The second kappa shape index (κ2) is 7.28. The summed E-state index contributed by atoms with van der Waals surface area (Å²) >= 11 is 0. The predicted octanol–water partition coefficient (Wildman–Crippen LogP) is 3.30. The minimum atomic E-state index is 0.297. The number of benzene rings is 1. The maximum atomic E-state index is 12.4. The maximum Gasteiger partial charge on any atom is 0.222 e. The Balaban J connectivity index is 1.45. The molecule has 0 unspecified atom stereocenters. The Morgan fingerprint density at radius 3 is 2.27 bits per heavy atom. The van der Waals surface area contributed by atoms with Crippen molar-refractivity contribution in [2.45, 2.75) is 56.9 Å². The van der Waals surface area contributed by atoms with E-state index < -0.39 is 0 Å². The van der Waals surface area contributed by atoms with Gasteiger partial charge in [0.2, 0.25) is 5.91 Å². The van der Waals surface area contributed by atoms with Crippen LogP contribution in [0.4, 0.5) is 0 Å². The number of nitrogens with zero attached hydrogens (tertiary/aromatic N) is 1.